The SMILES string of the molecule is COc1ccc(-c2cc(NC(=O)Cn3cccnc3=O)ccc2OC(F)F)cc1. The fourth-order valence-corrected chi connectivity index (χ4v) is 2.67. The number of hydrogen-bond donors (Lipinski definition) is 1. The third-order valence-corrected chi connectivity index (χ3v) is 3.98. The van der Waals surface area contributed by atoms with Gasteiger partial charge in [-0.1, -0.05) is 12.1 Å². The fraction of sp³-hybridized carbons (Fsp3) is 0.150. The van der Waals surface area contributed by atoms with Crippen molar-refractivity contribution < 1.29 is 23.0 Å². The summed E-state index contributed by atoms with van der Waals surface area (Å²) in [5, 5.41) is 2.64. The third-order valence-electron chi connectivity index (χ3n) is 3.98. The van der Waals surface area contributed by atoms with Gasteiger partial charge in [-0.2, -0.15) is 8.78 Å². The maximum absolute atomic E-state index is 12.8. The Hall–Kier alpha value is -3.75. The van der Waals surface area contributed by atoms with Crippen LogP contribution >= 0.6 is 0 Å². The number of hydrogen-bond acceptors (Lipinski definition) is 5. The molecule has 0 radical (unpaired) electrons. The van der Waals surface area contributed by atoms with E-state index in [1.165, 1.54) is 43.8 Å². The number of rotatable bonds is 7. The van der Waals surface area contributed by atoms with Gasteiger partial charge in [0.2, 0.25) is 5.91 Å². The predicted molar refractivity (Wildman–Crippen MR) is 102 cm³/mol. The van der Waals surface area contributed by atoms with Crippen LogP contribution in [0.2, 0.25) is 0 Å². The predicted octanol–water partition coefficient (Wildman–Crippen LogP) is 3.16. The second kappa shape index (κ2) is 8.96. The zero-order valence-corrected chi connectivity index (χ0v) is 15.3. The molecular formula is C20H17F2N3O4. The lowest BCUT2D eigenvalue weighted by Crippen LogP contribution is -2.28. The molecule has 9 heteroatoms. The van der Waals surface area contributed by atoms with E-state index >= 15 is 0 Å². The van der Waals surface area contributed by atoms with Gasteiger partial charge in [-0.25, -0.2) is 9.78 Å². The van der Waals surface area contributed by atoms with Gasteiger partial charge in [0.1, 0.15) is 18.0 Å². The quantitative estimate of drug-likeness (QED) is 0.658. The van der Waals surface area contributed by atoms with E-state index in [0.29, 0.717) is 22.6 Å². The fourth-order valence-electron chi connectivity index (χ4n) is 2.67. The summed E-state index contributed by atoms with van der Waals surface area (Å²) in [6.45, 7) is -3.23. The smallest absolute Gasteiger partial charge is 0.387 e. The van der Waals surface area contributed by atoms with Crippen LogP contribution in [0.1, 0.15) is 0 Å². The Labute approximate surface area is 164 Å². The van der Waals surface area contributed by atoms with Crippen LogP contribution in [0, 0.1) is 0 Å². The minimum Gasteiger partial charge on any atom is -0.497 e. The number of alkyl halides is 2. The van der Waals surface area contributed by atoms with Crippen LogP contribution in [-0.4, -0.2) is 29.2 Å². The van der Waals surface area contributed by atoms with Gasteiger partial charge < -0.3 is 14.8 Å². The minimum absolute atomic E-state index is 0.0355. The first kappa shape index (κ1) is 20.0. The molecule has 0 saturated carbocycles. The Morgan fingerprint density at radius 1 is 1.21 bits per heavy atom. The first-order chi connectivity index (χ1) is 14.0. The number of anilines is 1. The lowest BCUT2D eigenvalue weighted by Gasteiger charge is -2.14. The molecule has 1 heterocycles. The zero-order chi connectivity index (χ0) is 20.8. The van der Waals surface area contributed by atoms with Crippen LogP contribution in [0.25, 0.3) is 11.1 Å². The number of nitrogens with one attached hydrogen (secondary N) is 1. The number of amides is 1. The molecule has 0 unspecified atom stereocenters. The van der Waals surface area contributed by atoms with E-state index in [9.17, 15) is 18.4 Å². The molecule has 1 N–H and O–H groups in total. The summed E-state index contributed by atoms with van der Waals surface area (Å²) >= 11 is 0. The average molecular weight is 401 g/mol. The number of carbonyl (C=O) groups excluding carboxylic acids is 1. The largest absolute Gasteiger partial charge is 0.497 e. The third kappa shape index (κ3) is 5.16. The molecule has 0 fully saturated rings. The molecule has 150 valence electrons. The number of carbonyl (C=O) groups is 1. The normalized spacial score (nSPS) is 10.6. The highest BCUT2D eigenvalue weighted by molar-refractivity contribution is 5.92. The van der Waals surface area contributed by atoms with E-state index in [1.807, 2.05) is 0 Å². The monoisotopic (exact) mass is 401 g/mol. The second-order valence-corrected chi connectivity index (χ2v) is 5.90. The van der Waals surface area contributed by atoms with Gasteiger partial charge in [0.15, 0.2) is 0 Å². The van der Waals surface area contributed by atoms with Crippen molar-refractivity contribution in [3.8, 4) is 22.6 Å². The zero-order valence-electron chi connectivity index (χ0n) is 15.3. The molecule has 3 aromatic rings. The van der Waals surface area contributed by atoms with Crippen molar-refractivity contribution in [3.05, 3.63) is 71.4 Å². The van der Waals surface area contributed by atoms with Crippen molar-refractivity contribution in [2.24, 2.45) is 0 Å². The summed E-state index contributed by atoms with van der Waals surface area (Å²) < 4.78 is 36.4. The van der Waals surface area contributed by atoms with E-state index in [1.54, 1.807) is 24.3 Å². The van der Waals surface area contributed by atoms with E-state index in [-0.39, 0.29) is 12.3 Å². The summed E-state index contributed by atoms with van der Waals surface area (Å²) in [5.41, 5.74) is 0.770. The number of methoxy groups -OCH3 is 1. The Bertz CT molecular complexity index is 1050. The molecule has 0 aliphatic heterocycles. The highest BCUT2D eigenvalue weighted by Gasteiger charge is 2.14. The maximum atomic E-state index is 12.8. The molecule has 7 nitrogen and oxygen atoms in total. The summed E-state index contributed by atoms with van der Waals surface area (Å²) in [4.78, 5) is 27.5. The van der Waals surface area contributed by atoms with Crippen LogP contribution in [0.4, 0.5) is 14.5 Å². The number of ether oxygens (including phenoxy) is 2. The molecule has 0 bridgehead atoms. The lowest BCUT2D eigenvalue weighted by molar-refractivity contribution is -0.116. The Kier molecular flexibility index (Phi) is 6.18. The van der Waals surface area contributed by atoms with Crippen molar-refractivity contribution >= 4 is 11.6 Å². The van der Waals surface area contributed by atoms with E-state index < -0.39 is 18.2 Å². The summed E-state index contributed by atoms with van der Waals surface area (Å²) in [5.74, 6) is 0.103. The van der Waals surface area contributed by atoms with Gasteiger partial charge in [-0.05, 0) is 42.0 Å². The van der Waals surface area contributed by atoms with E-state index in [0.717, 1.165) is 4.57 Å². The molecule has 0 spiro atoms. The van der Waals surface area contributed by atoms with Crippen molar-refractivity contribution in [3.63, 3.8) is 0 Å². The second-order valence-electron chi connectivity index (χ2n) is 5.90. The molecule has 1 amide bonds. The maximum Gasteiger partial charge on any atom is 0.387 e. The highest BCUT2D eigenvalue weighted by atomic mass is 19.3. The van der Waals surface area contributed by atoms with Crippen LogP contribution in [-0.2, 0) is 11.3 Å². The molecule has 0 atom stereocenters. The number of benzene rings is 2. The first-order valence-corrected chi connectivity index (χ1v) is 8.51. The summed E-state index contributed by atoms with van der Waals surface area (Å²) in [6, 6.07) is 12.6. The molecule has 0 aliphatic rings. The number of halogens is 2. The number of aromatic nitrogens is 2. The molecule has 3 rings (SSSR count). The standard InChI is InChI=1S/C20H17F2N3O4/c1-28-15-6-3-13(4-7-15)16-11-14(5-8-17(16)29-19(21)22)24-18(26)12-25-10-2-9-23-20(25)27/h2-11,19H,12H2,1H3,(H,24,26). The molecule has 2 aromatic carbocycles. The summed E-state index contributed by atoms with van der Waals surface area (Å²) in [6.07, 6.45) is 2.77. The molecule has 29 heavy (non-hydrogen) atoms. The van der Waals surface area contributed by atoms with Gasteiger partial charge in [0.05, 0.1) is 7.11 Å². The lowest BCUT2D eigenvalue weighted by atomic mass is 10.0. The molecule has 0 aliphatic carbocycles. The van der Waals surface area contributed by atoms with Crippen molar-refractivity contribution in [2.45, 2.75) is 13.2 Å². The van der Waals surface area contributed by atoms with Gasteiger partial charge in [0, 0.05) is 23.6 Å². The van der Waals surface area contributed by atoms with E-state index in [2.05, 4.69) is 15.0 Å². The first-order valence-electron chi connectivity index (χ1n) is 8.51. The van der Waals surface area contributed by atoms with Crippen LogP contribution in [0.3, 0.4) is 0 Å². The Morgan fingerprint density at radius 2 is 1.97 bits per heavy atom. The average Bonchev–Trinajstić information content (AvgIpc) is 2.70. The van der Waals surface area contributed by atoms with Crippen LogP contribution < -0.4 is 20.5 Å². The molecule has 1 aromatic heterocycles. The van der Waals surface area contributed by atoms with Crippen LogP contribution in [0.15, 0.2) is 65.7 Å². The van der Waals surface area contributed by atoms with Crippen molar-refractivity contribution in [1.82, 2.24) is 9.55 Å². The highest BCUT2D eigenvalue weighted by Crippen LogP contribution is 2.34. The topological polar surface area (TPSA) is 82.5 Å². The van der Waals surface area contributed by atoms with Crippen molar-refractivity contribution in [2.75, 3.05) is 12.4 Å². The summed E-state index contributed by atoms with van der Waals surface area (Å²) in [7, 11) is 1.52. The Morgan fingerprint density at radius 3 is 2.62 bits per heavy atom. The Balaban J connectivity index is 1.86. The minimum atomic E-state index is -3.00. The van der Waals surface area contributed by atoms with Crippen LogP contribution in [0.5, 0.6) is 11.5 Å². The van der Waals surface area contributed by atoms with Gasteiger partial charge in [-0.3, -0.25) is 9.36 Å². The van der Waals surface area contributed by atoms with Gasteiger partial charge in [0.25, 0.3) is 0 Å². The van der Waals surface area contributed by atoms with Crippen molar-refractivity contribution in [1.29, 1.82) is 0 Å². The van der Waals surface area contributed by atoms with E-state index in [4.69, 9.17) is 4.74 Å². The van der Waals surface area contributed by atoms with Gasteiger partial charge in [-0.15, -0.1) is 0 Å². The molecule has 0 saturated heterocycles. The molecular weight excluding hydrogens is 384 g/mol. The van der Waals surface area contributed by atoms with Gasteiger partial charge >= 0.3 is 12.3 Å². The number of nitrogens with zero attached hydrogens (tertiary/aromatic N) is 2.